The van der Waals surface area contributed by atoms with Crippen LogP contribution in [-0.2, 0) is 4.74 Å². The number of rotatable bonds is 1. The molecule has 4 nitrogen and oxygen atoms in total. The van der Waals surface area contributed by atoms with Gasteiger partial charge in [0, 0.05) is 20.1 Å². The predicted octanol–water partition coefficient (Wildman–Crippen LogP) is 1.22. The zero-order chi connectivity index (χ0) is 11.3. The Morgan fingerprint density at radius 3 is 2.60 bits per heavy atom. The molecule has 1 aliphatic heterocycles. The zero-order valence-electron chi connectivity index (χ0n) is 9.96. The van der Waals surface area contributed by atoms with Gasteiger partial charge < -0.3 is 15.0 Å². The number of carbonyl (C=O) groups excluding carboxylic acids is 1. The zero-order valence-corrected chi connectivity index (χ0v) is 9.96. The molecule has 1 heterocycles. The lowest BCUT2D eigenvalue weighted by Crippen LogP contribution is -2.45. The van der Waals surface area contributed by atoms with E-state index >= 15 is 0 Å². The maximum absolute atomic E-state index is 11.9. The number of ether oxygens (including phenoxy) is 1. The largest absolute Gasteiger partial charge is 0.444 e. The Bertz CT molecular complexity index is 285. The third-order valence-electron chi connectivity index (χ3n) is 3.36. The van der Waals surface area contributed by atoms with Crippen molar-refractivity contribution in [2.24, 2.45) is 5.92 Å². The van der Waals surface area contributed by atoms with E-state index in [1.165, 1.54) is 0 Å². The molecule has 2 fully saturated rings. The minimum Gasteiger partial charge on any atom is -0.444 e. The monoisotopic (exact) mass is 212 g/mol. The molecular weight excluding hydrogens is 192 g/mol. The third-order valence-corrected chi connectivity index (χ3v) is 3.36. The number of amides is 1. The summed E-state index contributed by atoms with van der Waals surface area (Å²) in [6, 6.07) is 0. The highest BCUT2D eigenvalue weighted by Gasteiger charge is 2.61. The van der Waals surface area contributed by atoms with Crippen LogP contribution < -0.4 is 5.32 Å². The van der Waals surface area contributed by atoms with Crippen LogP contribution in [0.3, 0.4) is 0 Å². The molecule has 2 unspecified atom stereocenters. The molecule has 1 N–H and O–H groups in total. The van der Waals surface area contributed by atoms with Crippen molar-refractivity contribution in [1.82, 2.24) is 10.2 Å². The maximum atomic E-state index is 11.9. The normalized spacial score (nSPS) is 33.5. The van der Waals surface area contributed by atoms with E-state index in [1.807, 2.05) is 27.8 Å². The fourth-order valence-corrected chi connectivity index (χ4v) is 2.35. The van der Waals surface area contributed by atoms with Gasteiger partial charge in [0.25, 0.3) is 0 Å². The van der Waals surface area contributed by atoms with Gasteiger partial charge in [-0.25, -0.2) is 4.79 Å². The Labute approximate surface area is 91.0 Å². The first kappa shape index (κ1) is 10.7. The van der Waals surface area contributed by atoms with E-state index in [1.54, 1.807) is 4.90 Å². The van der Waals surface area contributed by atoms with Gasteiger partial charge in [0.15, 0.2) is 0 Å². The molecule has 0 spiro atoms. The number of hydrogen-bond donors (Lipinski definition) is 1. The summed E-state index contributed by atoms with van der Waals surface area (Å²) in [6.07, 6.45) is 0.920. The first-order valence-corrected chi connectivity index (χ1v) is 5.53. The quantitative estimate of drug-likeness (QED) is 0.710. The number of likely N-dealkylation sites (N-methyl/N-ethyl adjacent to an activating group) is 1. The van der Waals surface area contributed by atoms with Crippen molar-refractivity contribution in [2.45, 2.75) is 38.3 Å². The maximum Gasteiger partial charge on any atom is 0.410 e. The summed E-state index contributed by atoms with van der Waals surface area (Å²) in [5.74, 6) is 0.634. The fourth-order valence-electron chi connectivity index (χ4n) is 2.35. The standard InChI is InChI=1S/C11H20N2O2/c1-10(2,3)15-9(14)13(4)11-5-8(11)6-12-7-11/h8,12H,5-7H2,1-4H3. The summed E-state index contributed by atoms with van der Waals surface area (Å²) in [6.45, 7) is 7.63. The molecule has 1 saturated heterocycles. The summed E-state index contributed by atoms with van der Waals surface area (Å²) in [7, 11) is 1.85. The second-order valence-electron chi connectivity index (χ2n) is 5.67. The number of hydrogen-bond acceptors (Lipinski definition) is 3. The Morgan fingerprint density at radius 1 is 1.53 bits per heavy atom. The molecule has 2 rings (SSSR count). The van der Waals surface area contributed by atoms with Crippen LogP contribution in [-0.4, -0.2) is 42.3 Å². The summed E-state index contributed by atoms with van der Waals surface area (Å²) >= 11 is 0. The van der Waals surface area contributed by atoms with Gasteiger partial charge >= 0.3 is 6.09 Å². The van der Waals surface area contributed by atoms with Crippen molar-refractivity contribution in [2.75, 3.05) is 20.1 Å². The molecule has 86 valence electrons. The van der Waals surface area contributed by atoms with Crippen molar-refractivity contribution in [3.8, 4) is 0 Å². The Kier molecular flexibility index (Phi) is 2.23. The van der Waals surface area contributed by atoms with Crippen molar-refractivity contribution in [3.63, 3.8) is 0 Å². The fraction of sp³-hybridized carbons (Fsp3) is 0.909. The first-order chi connectivity index (χ1) is 6.85. The molecule has 1 saturated carbocycles. The minimum absolute atomic E-state index is 0.0579. The number of carbonyl (C=O) groups is 1. The van der Waals surface area contributed by atoms with Crippen LogP contribution >= 0.6 is 0 Å². The van der Waals surface area contributed by atoms with Crippen molar-refractivity contribution in [1.29, 1.82) is 0 Å². The molecule has 2 aliphatic rings. The van der Waals surface area contributed by atoms with Gasteiger partial charge in [0.05, 0.1) is 5.54 Å². The summed E-state index contributed by atoms with van der Waals surface area (Å²) in [4.78, 5) is 13.6. The van der Waals surface area contributed by atoms with E-state index in [9.17, 15) is 4.79 Å². The number of nitrogens with zero attached hydrogens (tertiary/aromatic N) is 1. The van der Waals surface area contributed by atoms with Crippen LogP contribution in [0, 0.1) is 5.92 Å². The lowest BCUT2D eigenvalue weighted by Gasteiger charge is -2.29. The number of nitrogens with one attached hydrogen (secondary N) is 1. The van der Waals surface area contributed by atoms with Crippen molar-refractivity contribution in [3.05, 3.63) is 0 Å². The summed E-state index contributed by atoms with van der Waals surface area (Å²) < 4.78 is 5.36. The van der Waals surface area contributed by atoms with E-state index in [0.29, 0.717) is 5.92 Å². The second kappa shape index (κ2) is 3.11. The van der Waals surface area contributed by atoms with E-state index in [0.717, 1.165) is 19.5 Å². The highest BCUT2D eigenvalue weighted by molar-refractivity contribution is 5.70. The molecule has 1 amide bonds. The van der Waals surface area contributed by atoms with Gasteiger partial charge in [0.1, 0.15) is 5.60 Å². The molecule has 0 bridgehead atoms. The van der Waals surface area contributed by atoms with Crippen LogP contribution in [0.2, 0.25) is 0 Å². The first-order valence-electron chi connectivity index (χ1n) is 5.53. The van der Waals surface area contributed by atoms with Gasteiger partial charge in [-0.1, -0.05) is 0 Å². The average Bonchev–Trinajstić information content (AvgIpc) is 2.66. The second-order valence-corrected chi connectivity index (χ2v) is 5.67. The molecule has 0 aromatic heterocycles. The molecule has 0 radical (unpaired) electrons. The molecular formula is C11H20N2O2. The van der Waals surface area contributed by atoms with Crippen LogP contribution in [0.5, 0.6) is 0 Å². The van der Waals surface area contributed by atoms with Crippen LogP contribution in [0.25, 0.3) is 0 Å². The predicted molar refractivity (Wildman–Crippen MR) is 57.7 cm³/mol. The molecule has 2 atom stereocenters. The summed E-state index contributed by atoms with van der Waals surface area (Å²) in [5, 5.41) is 3.31. The van der Waals surface area contributed by atoms with Crippen molar-refractivity contribution < 1.29 is 9.53 Å². The van der Waals surface area contributed by atoms with Gasteiger partial charge in [-0.2, -0.15) is 0 Å². The lowest BCUT2D eigenvalue weighted by molar-refractivity contribution is 0.0198. The smallest absolute Gasteiger partial charge is 0.410 e. The molecule has 1 aliphatic carbocycles. The summed E-state index contributed by atoms with van der Waals surface area (Å²) in [5.41, 5.74) is -0.346. The SMILES string of the molecule is CN(C(=O)OC(C)(C)C)C12CNCC1C2. The van der Waals surface area contributed by atoms with Crippen LogP contribution in [0.15, 0.2) is 0 Å². The Balaban J connectivity index is 1.97. The van der Waals surface area contributed by atoms with E-state index in [4.69, 9.17) is 4.74 Å². The topological polar surface area (TPSA) is 41.6 Å². The van der Waals surface area contributed by atoms with Crippen LogP contribution in [0.1, 0.15) is 27.2 Å². The number of piperidine rings is 1. The molecule has 4 heteroatoms. The van der Waals surface area contributed by atoms with E-state index in [2.05, 4.69) is 5.32 Å². The molecule has 15 heavy (non-hydrogen) atoms. The van der Waals surface area contributed by atoms with E-state index in [-0.39, 0.29) is 11.6 Å². The minimum atomic E-state index is -0.404. The molecule has 0 aromatic carbocycles. The van der Waals surface area contributed by atoms with Crippen LogP contribution in [0.4, 0.5) is 4.79 Å². The number of fused-ring (bicyclic) bond motifs is 1. The highest BCUT2D eigenvalue weighted by atomic mass is 16.6. The Hall–Kier alpha value is -0.770. The third kappa shape index (κ3) is 1.83. The molecule has 0 aromatic rings. The average molecular weight is 212 g/mol. The lowest BCUT2D eigenvalue weighted by atomic mass is 10.2. The van der Waals surface area contributed by atoms with Gasteiger partial charge in [-0.3, -0.25) is 0 Å². The highest BCUT2D eigenvalue weighted by Crippen LogP contribution is 2.50. The van der Waals surface area contributed by atoms with Gasteiger partial charge in [0.2, 0.25) is 0 Å². The van der Waals surface area contributed by atoms with Gasteiger partial charge in [-0.05, 0) is 33.1 Å². The van der Waals surface area contributed by atoms with Gasteiger partial charge in [-0.15, -0.1) is 0 Å². The van der Waals surface area contributed by atoms with E-state index < -0.39 is 5.60 Å². The van der Waals surface area contributed by atoms with Crippen molar-refractivity contribution >= 4 is 6.09 Å². The Morgan fingerprint density at radius 2 is 2.20 bits per heavy atom.